The third-order valence-electron chi connectivity index (χ3n) is 4.09. The monoisotopic (exact) mass is 346 g/mol. The Balaban J connectivity index is 1.55. The van der Waals surface area contributed by atoms with Crippen LogP contribution in [0.1, 0.15) is 36.0 Å². The fraction of sp³-hybridized carbons (Fsp3) is 0.471. The standard InChI is InChI=1S/C17H22N4O4/c22-11-14(23)10-21-9-12(7-19-21)17(24)20-13-5-6-16(18-8-13)25-15-3-1-2-4-15/h5-9,14-15,22-23H,1-4,10-11H2,(H,20,24). The van der Waals surface area contributed by atoms with Gasteiger partial charge in [-0.15, -0.1) is 0 Å². The number of amides is 1. The Bertz CT molecular complexity index is 695. The molecule has 2 heterocycles. The Morgan fingerprint density at radius 3 is 2.84 bits per heavy atom. The summed E-state index contributed by atoms with van der Waals surface area (Å²) >= 11 is 0. The largest absolute Gasteiger partial charge is 0.474 e. The van der Waals surface area contributed by atoms with Crippen LogP contribution in [0.2, 0.25) is 0 Å². The van der Waals surface area contributed by atoms with Crippen molar-refractivity contribution in [3.8, 4) is 5.88 Å². The van der Waals surface area contributed by atoms with Gasteiger partial charge in [0.1, 0.15) is 6.10 Å². The summed E-state index contributed by atoms with van der Waals surface area (Å²) in [6.45, 7) is -0.235. The van der Waals surface area contributed by atoms with Crippen molar-refractivity contribution in [2.75, 3.05) is 11.9 Å². The lowest BCUT2D eigenvalue weighted by Gasteiger charge is -2.12. The summed E-state index contributed by atoms with van der Waals surface area (Å²) < 4.78 is 7.20. The molecule has 25 heavy (non-hydrogen) atoms. The highest BCUT2D eigenvalue weighted by Crippen LogP contribution is 2.23. The van der Waals surface area contributed by atoms with E-state index < -0.39 is 6.10 Å². The van der Waals surface area contributed by atoms with E-state index in [0.29, 0.717) is 17.1 Å². The van der Waals surface area contributed by atoms with Crippen molar-refractivity contribution in [2.45, 2.75) is 44.4 Å². The highest BCUT2D eigenvalue weighted by Gasteiger charge is 2.17. The van der Waals surface area contributed by atoms with E-state index in [1.54, 1.807) is 18.3 Å². The van der Waals surface area contributed by atoms with Crippen LogP contribution < -0.4 is 10.1 Å². The number of carbonyl (C=O) groups excluding carboxylic acids is 1. The number of aliphatic hydroxyl groups excluding tert-OH is 2. The van der Waals surface area contributed by atoms with Gasteiger partial charge in [-0.2, -0.15) is 5.10 Å². The smallest absolute Gasteiger partial charge is 0.258 e. The van der Waals surface area contributed by atoms with E-state index >= 15 is 0 Å². The quantitative estimate of drug-likeness (QED) is 0.695. The fourth-order valence-electron chi connectivity index (χ4n) is 2.76. The number of aliphatic hydroxyl groups is 2. The summed E-state index contributed by atoms with van der Waals surface area (Å²) in [5.41, 5.74) is 0.920. The molecule has 1 aliphatic carbocycles. The second-order valence-corrected chi connectivity index (χ2v) is 6.15. The molecule has 1 amide bonds. The van der Waals surface area contributed by atoms with Crippen LogP contribution in [0.3, 0.4) is 0 Å². The van der Waals surface area contributed by atoms with Gasteiger partial charge < -0.3 is 20.3 Å². The van der Waals surface area contributed by atoms with Crippen molar-refractivity contribution in [3.05, 3.63) is 36.3 Å². The molecule has 8 nitrogen and oxygen atoms in total. The maximum atomic E-state index is 12.2. The van der Waals surface area contributed by atoms with Crippen LogP contribution in [0.4, 0.5) is 5.69 Å². The second kappa shape index (κ2) is 8.09. The molecule has 0 saturated heterocycles. The first-order valence-electron chi connectivity index (χ1n) is 8.39. The van der Waals surface area contributed by atoms with Gasteiger partial charge in [0.25, 0.3) is 5.91 Å². The summed E-state index contributed by atoms with van der Waals surface area (Å²) in [6.07, 6.45) is 8.33. The molecule has 134 valence electrons. The van der Waals surface area contributed by atoms with Crippen molar-refractivity contribution < 1.29 is 19.7 Å². The average Bonchev–Trinajstić information content (AvgIpc) is 3.28. The number of hydrogen-bond donors (Lipinski definition) is 3. The molecule has 1 aliphatic rings. The normalized spacial score (nSPS) is 15.9. The van der Waals surface area contributed by atoms with Crippen molar-refractivity contribution >= 4 is 11.6 Å². The van der Waals surface area contributed by atoms with Gasteiger partial charge in [-0.05, 0) is 31.7 Å². The number of carbonyl (C=O) groups is 1. The molecule has 0 aliphatic heterocycles. The minimum atomic E-state index is -0.910. The van der Waals surface area contributed by atoms with Crippen LogP contribution in [0.5, 0.6) is 5.88 Å². The number of nitrogens with one attached hydrogen (secondary N) is 1. The number of anilines is 1. The first-order chi connectivity index (χ1) is 12.1. The number of ether oxygens (including phenoxy) is 1. The Kier molecular flexibility index (Phi) is 5.62. The van der Waals surface area contributed by atoms with E-state index in [1.807, 2.05) is 0 Å². The molecule has 3 rings (SSSR count). The maximum Gasteiger partial charge on any atom is 0.258 e. The lowest BCUT2D eigenvalue weighted by molar-refractivity contribution is 0.0782. The molecule has 2 aromatic rings. The fourth-order valence-corrected chi connectivity index (χ4v) is 2.76. The molecule has 0 spiro atoms. The van der Waals surface area contributed by atoms with Crippen LogP contribution in [-0.4, -0.2) is 49.7 Å². The summed E-state index contributed by atoms with van der Waals surface area (Å²) in [4.78, 5) is 16.4. The maximum absolute atomic E-state index is 12.2. The zero-order valence-corrected chi connectivity index (χ0v) is 13.8. The Morgan fingerprint density at radius 2 is 2.16 bits per heavy atom. The van der Waals surface area contributed by atoms with E-state index in [4.69, 9.17) is 9.84 Å². The predicted octanol–water partition coefficient (Wildman–Crippen LogP) is 1.20. The van der Waals surface area contributed by atoms with Crippen molar-refractivity contribution in [2.24, 2.45) is 0 Å². The van der Waals surface area contributed by atoms with Gasteiger partial charge in [0.2, 0.25) is 5.88 Å². The van der Waals surface area contributed by atoms with Crippen LogP contribution >= 0.6 is 0 Å². The molecule has 1 atom stereocenters. The van der Waals surface area contributed by atoms with Crippen LogP contribution in [0.15, 0.2) is 30.7 Å². The predicted molar refractivity (Wildman–Crippen MR) is 90.4 cm³/mol. The van der Waals surface area contributed by atoms with Crippen LogP contribution in [0.25, 0.3) is 0 Å². The number of hydrogen-bond acceptors (Lipinski definition) is 6. The van der Waals surface area contributed by atoms with Gasteiger partial charge >= 0.3 is 0 Å². The molecule has 2 aromatic heterocycles. The lowest BCUT2D eigenvalue weighted by Crippen LogP contribution is -2.20. The molecule has 1 fully saturated rings. The van der Waals surface area contributed by atoms with Gasteiger partial charge in [-0.1, -0.05) is 0 Å². The molecule has 3 N–H and O–H groups in total. The minimum Gasteiger partial charge on any atom is -0.474 e. The Morgan fingerprint density at radius 1 is 1.36 bits per heavy atom. The van der Waals surface area contributed by atoms with Gasteiger partial charge in [0.15, 0.2) is 0 Å². The summed E-state index contributed by atoms with van der Waals surface area (Å²) in [7, 11) is 0. The lowest BCUT2D eigenvalue weighted by atomic mass is 10.3. The Hall–Kier alpha value is -2.45. The minimum absolute atomic E-state index is 0.124. The zero-order chi connectivity index (χ0) is 17.6. The highest BCUT2D eigenvalue weighted by molar-refractivity contribution is 6.03. The number of pyridine rings is 1. The van der Waals surface area contributed by atoms with Crippen molar-refractivity contribution in [3.63, 3.8) is 0 Å². The first-order valence-corrected chi connectivity index (χ1v) is 8.39. The average molecular weight is 346 g/mol. The van der Waals surface area contributed by atoms with E-state index in [2.05, 4.69) is 15.4 Å². The van der Waals surface area contributed by atoms with E-state index in [1.165, 1.54) is 29.9 Å². The zero-order valence-electron chi connectivity index (χ0n) is 13.8. The topological polar surface area (TPSA) is 110 Å². The molecule has 0 bridgehead atoms. The third-order valence-corrected chi connectivity index (χ3v) is 4.09. The van der Waals surface area contributed by atoms with Gasteiger partial charge in [-0.3, -0.25) is 9.48 Å². The molecule has 0 aromatic carbocycles. The van der Waals surface area contributed by atoms with Gasteiger partial charge in [0.05, 0.1) is 42.9 Å². The highest BCUT2D eigenvalue weighted by atomic mass is 16.5. The number of aromatic nitrogens is 3. The van der Waals surface area contributed by atoms with E-state index in [0.717, 1.165) is 12.8 Å². The molecule has 8 heteroatoms. The summed E-state index contributed by atoms with van der Waals surface area (Å²) in [6, 6.07) is 3.49. The molecule has 1 unspecified atom stereocenters. The molecular weight excluding hydrogens is 324 g/mol. The summed E-state index contributed by atoms with van der Waals surface area (Å²) in [5, 5.41) is 24.9. The van der Waals surface area contributed by atoms with Gasteiger partial charge in [-0.25, -0.2) is 4.98 Å². The first kappa shape index (κ1) is 17.4. The molecule has 1 saturated carbocycles. The van der Waals surface area contributed by atoms with E-state index in [-0.39, 0.29) is 25.2 Å². The van der Waals surface area contributed by atoms with E-state index in [9.17, 15) is 9.90 Å². The second-order valence-electron chi connectivity index (χ2n) is 6.15. The third kappa shape index (κ3) is 4.77. The van der Waals surface area contributed by atoms with Crippen molar-refractivity contribution in [1.82, 2.24) is 14.8 Å². The number of rotatable bonds is 7. The van der Waals surface area contributed by atoms with Crippen LogP contribution in [-0.2, 0) is 6.54 Å². The molecular formula is C17H22N4O4. The van der Waals surface area contributed by atoms with Crippen LogP contribution in [0, 0.1) is 0 Å². The van der Waals surface area contributed by atoms with Crippen molar-refractivity contribution in [1.29, 1.82) is 0 Å². The number of nitrogens with zero attached hydrogens (tertiary/aromatic N) is 3. The molecule has 0 radical (unpaired) electrons. The summed E-state index contributed by atoms with van der Waals surface area (Å²) in [5.74, 6) is 0.242. The SMILES string of the molecule is O=C(Nc1ccc(OC2CCCC2)nc1)c1cnn(CC(O)CO)c1. The van der Waals surface area contributed by atoms with Gasteiger partial charge in [0, 0.05) is 12.3 Å². The Labute approximate surface area is 145 Å².